The minimum absolute atomic E-state index is 0.0149. The second kappa shape index (κ2) is 9.05. The van der Waals surface area contributed by atoms with E-state index in [4.69, 9.17) is 21.1 Å². The summed E-state index contributed by atoms with van der Waals surface area (Å²) in [6.07, 6.45) is 0.405. The standard InChI is InChI=1S/C16H19ClN2O7S/c1-25-13-3-2-11(17)7-12(13)16(22)26-8-15(21)19-18-14(20)6-10-4-5-27(23,24)9-10/h2-3,7,10H,4-6,8-9H2,1H3,(H,18,20)(H,19,21)/t10-/m0/s1. The quantitative estimate of drug-likeness (QED) is 0.507. The van der Waals surface area contributed by atoms with Gasteiger partial charge in [0.15, 0.2) is 16.4 Å². The summed E-state index contributed by atoms with van der Waals surface area (Å²) in [5, 5.41) is 0.299. The van der Waals surface area contributed by atoms with E-state index in [1.54, 1.807) is 0 Å². The second-order valence-corrected chi connectivity index (χ2v) is 8.66. The summed E-state index contributed by atoms with van der Waals surface area (Å²) in [6, 6.07) is 4.37. The third-order valence-electron chi connectivity index (χ3n) is 3.86. The minimum Gasteiger partial charge on any atom is -0.496 e. The zero-order chi connectivity index (χ0) is 20.0. The number of sulfone groups is 1. The number of carbonyl (C=O) groups is 3. The Labute approximate surface area is 161 Å². The molecule has 27 heavy (non-hydrogen) atoms. The maximum atomic E-state index is 12.0. The number of esters is 1. The van der Waals surface area contributed by atoms with Gasteiger partial charge in [-0.25, -0.2) is 13.2 Å². The van der Waals surface area contributed by atoms with E-state index < -0.39 is 34.2 Å². The molecule has 0 saturated carbocycles. The Morgan fingerprint density at radius 3 is 2.56 bits per heavy atom. The van der Waals surface area contributed by atoms with E-state index in [1.807, 2.05) is 0 Å². The van der Waals surface area contributed by atoms with E-state index >= 15 is 0 Å². The molecule has 0 radical (unpaired) electrons. The topological polar surface area (TPSA) is 128 Å². The van der Waals surface area contributed by atoms with Crippen LogP contribution in [-0.4, -0.2) is 51.4 Å². The van der Waals surface area contributed by atoms with Crippen molar-refractivity contribution in [1.82, 2.24) is 10.9 Å². The molecule has 1 aromatic rings. The Kier molecular flexibility index (Phi) is 7.03. The van der Waals surface area contributed by atoms with Crippen molar-refractivity contribution in [3.63, 3.8) is 0 Å². The highest BCUT2D eigenvalue weighted by molar-refractivity contribution is 7.91. The monoisotopic (exact) mass is 418 g/mol. The van der Waals surface area contributed by atoms with Crippen molar-refractivity contribution in [2.45, 2.75) is 12.8 Å². The van der Waals surface area contributed by atoms with Crippen LogP contribution in [0.3, 0.4) is 0 Å². The molecule has 1 aliphatic heterocycles. The number of hydrazine groups is 1. The Morgan fingerprint density at radius 2 is 1.93 bits per heavy atom. The molecule has 2 amide bonds. The molecule has 0 unspecified atom stereocenters. The lowest BCUT2D eigenvalue weighted by molar-refractivity contribution is -0.131. The van der Waals surface area contributed by atoms with Gasteiger partial charge >= 0.3 is 5.97 Å². The van der Waals surface area contributed by atoms with Crippen LogP contribution in [0.4, 0.5) is 0 Å². The SMILES string of the molecule is COc1ccc(Cl)cc1C(=O)OCC(=O)NNC(=O)C[C@@H]1CCS(=O)(=O)C1. The van der Waals surface area contributed by atoms with Gasteiger partial charge in [-0.05, 0) is 30.5 Å². The Morgan fingerprint density at radius 1 is 1.22 bits per heavy atom. The van der Waals surface area contributed by atoms with Crippen molar-refractivity contribution in [2.24, 2.45) is 5.92 Å². The number of carbonyl (C=O) groups excluding carboxylic acids is 3. The molecule has 9 nitrogen and oxygen atoms in total. The number of nitrogens with one attached hydrogen (secondary N) is 2. The Hall–Kier alpha value is -2.33. The fourth-order valence-corrected chi connectivity index (χ4v) is 4.60. The predicted molar refractivity (Wildman–Crippen MR) is 95.9 cm³/mol. The minimum atomic E-state index is -3.07. The van der Waals surface area contributed by atoms with E-state index in [-0.39, 0.29) is 35.2 Å². The van der Waals surface area contributed by atoms with Crippen LogP contribution in [0.25, 0.3) is 0 Å². The van der Waals surface area contributed by atoms with Crippen LogP contribution in [0, 0.1) is 5.92 Å². The summed E-state index contributed by atoms with van der Waals surface area (Å²) >= 11 is 5.82. The van der Waals surface area contributed by atoms with Crippen molar-refractivity contribution < 1.29 is 32.3 Å². The van der Waals surface area contributed by atoms with Gasteiger partial charge in [0.1, 0.15) is 11.3 Å². The van der Waals surface area contributed by atoms with Crippen LogP contribution in [-0.2, 0) is 24.2 Å². The molecule has 1 aromatic carbocycles. The van der Waals surface area contributed by atoms with E-state index in [0.717, 1.165) is 0 Å². The normalized spacial score (nSPS) is 17.8. The van der Waals surface area contributed by atoms with Crippen LogP contribution in [0.15, 0.2) is 18.2 Å². The van der Waals surface area contributed by atoms with Crippen molar-refractivity contribution in [2.75, 3.05) is 25.2 Å². The first kappa shape index (κ1) is 21.0. The molecule has 0 aliphatic carbocycles. The summed E-state index contributed by atoms with van der Waals surface area (Å²) < 4.78 is 32.6. The first-order valence-electron chi connectivity index (χ1n) is 7.99. The van der Waals surface area contributed by atoms with Crippen LogP contribution in [0.1, 0.15) is 23.2 Å². The van der Waals surface area contributed by atoms with Gasteiger partial charge in [-0.3, -0.25) is 20.4 Å². The number of ether oxygens (including phenoxy) is 2. The number of benzene rings is 1. The fourth-order valence-electron chi connectivity index (χ4n) is 2.57. The van der Waals surface area contributed by atoms with Gasteiger partial charge in [-0.15, -0.1) is 0 Å². The van der Waals surface area contributed by atoms with Crippen molar-refractivity contribution in [1.29, 1.82) is 0 Å². The van der Waals surface area contributed by atoms with Gasteiger partial charge in [-0.1, -0.05) is 11.6 Å². The Balaban J connectivity index is 1.75. The number of methoxy groups -OCH3 is 1. The van der Waals surface area contributed by atoms with E-state index in [1.165, 1.54) is 25.3 Å². The number of amides is 2. The van der Waals surface area contributed by atoms with E-state index in [0.29, 0.717) is 11.4 Å². The molecule has 148 valence electrons. The van der Waals surface area contributed by atoms with Crippen molar-refractivity contribution in [3.8, 4) is 5.75 Å². The van der Waals surface area contributed by atoms with E-state index in [9.17, 15) is 22.8 Å². The molecule has 1 fully saturated rings. The molecule has 1 atom stereocenters. The molecule has 11 heteroatoms. The zero-order valence-electron chi connectivity index (χ0n) is 14.5. The number of hydrogen-bond acceptors (Lipinski definition) is 7. The van der Waals surface area contributed by atoms with Gasteiger partial charge in [0, 0.05) is 11.4 Å². The maximum Gasteiger partial charge on any atom is 0.342 e. The third-order valence-corrected chi connectivity index (χ3v) is 5.93. The highest BCUT2D eigenvalue weighted by Gasteiger charge is 2.29. The number of hydrogen-bond donors (Lipinski definition) is 2. The summed E-state index contributed by atoms with van der Waals surface area (Å²) in [5.74, 6) is -2.07. The highest BCUT2D eigenvalue weighted by Crippen LogP contribution is 2.23. The zero-order valence-corrected chi connectivity index (χ0v) is 16.1. The van der Waals surface area contributed by atoms with Gasteiger partial charge in [0.25, 0.3) is 5.91 Å². The molecule has 1 heterocycles. The summed E-state index contributed by atoms with van der Waals surface area (Å²) in [4.78, 5) is 35.4. The maximum absolute atomic E-state index is 12.0. The lowest BCUT2D eigenvalue weighted by Gasteiger charge is -2.11. The third kappa shape index (κ3) is 6.40. The molecule has 2 N–H and O–H groups in total. The molecule has 1 saturated heterocycles. The number of halogens is 1. The second-order valence-electron chi connectivity index (χ2n) is 5.99. The average molecular weight is 419 g/mol. The van der Waals surface area contributed by atoms with Crippen LogP contribution in [0.5, 0.6) is 5.75 Å². The molecule has 0 bridgehead atoms. The van der Waals surface area contributed by atoms with Gasteiger partial charge in [0.2, 0.25) is 5.91 Å². The molecule has 0 spiro atoms. The smallest absolute Gasteiger partial charge is 0.342 e. The van der Waals surface area contributed by atoms with Gasteiger partial charge in [0.05, 0.1) is 18.6 Å². The van der Waals surface area contributed by atoms with Gasteiger partial charge < -0.3 is 9.47 Å². The summed E-state index contributed by atoms with van der Waals surface area (Å²) in [5.41, 5.74) is 4.32. The van der Waals surface area contributed by atoms with Gasteiger partial charge in [-0.2, -0.15) is 0 Å². The largest absolute Gasteiger partial charge is 0.496 e. The van der Waals surface area contributed by atoms with Crippen molar-refractivity contribution in [3.05, 3.63) is 28.8 Å². The van der Waals surface area contributed by atoms with Crippen LogP contribution < -0.4 is 15.6 Å². The lowest BCUT2D eigenvalue weighted by Crippen LogP contribution is -2.44. The summed E-state index contributed by atoms with van der Waals surface area (Å²) in [6.45, 7) is -0.632. The number of rotatable bonds is 6. The molecular weight excluding hydrogens is 400 g/mol. The molecule has 1 aliphatic rings. The van der Waals surface area contributed by atoms with Crippen LogP contribution in [0.2, 0.25) is 5.02 Å². The fraction of sp³-hybridized carbons (Fsp3) is 0.438. The lowest BCUT2D eigenvalue weighted by atomic mass is 10.1. The van der Waals surface area contributed by atoms with Crippen molar-refractivity contribution >= 4 is 39.2 Å². The Bertz CT molecular complexity index is 841. The first-order valence-corrected chi connectivity index (χ1v) is 10.2. The average Bonchev–Trinajstić information content (AvgIpc) is 2.96. The summed E-state index contributed by atoms with van der Waals surface area (Å²) in [7, 11) is -1.70. The highest BCUT2D eigenvalue weighted by atomic mass is 35.5. The van der Waals surface area contributed by atoms with Crippen LogP contribution >= 0.6 is 11.6 Å². The van der Waals surface area contributed by atoms with E-state index in [2.05, 4.69) is 10.9 Å². The first-order chi connectivity index (χ1) is 12.7. The molecular formula is C16H19ClN2O7S. The molecule has 0 aromatic heterocycles. The molecule has 2 rings (SSSR count). The predicted octanol–water partition coefficient (Wildman–Crippen LogP) is 0.478.